The third-order valence-electron chi connectivity index (χ3n) is 8.19. The molecular weight excluding hydrogens is 648 g/mol. The number of hydrogen-bond acceptors (Lipinski definition) is 9. The van der Waals surface area contributed by atoms with Gasteiger partial charge in [0.25, 0.3) is 11.6 Å². The van der Waals surface area contributed by atoms with Crippen LogP contribution >= 0.6 is 11.8 Å². The molecule has 0 spiro atoms. The van der Waals surface area contributed by atoms with Crippen molar-refractivity contribution in [3.8, 4) is 0 Å². The summed E-state index contributed by atoms with van der Waals surface area (Å²) in [6.07, 6.45) is 0.425. The van der Waals surface area contributed by atoms with Crippen LogP contribution in [0.2, 0.25) is 0 Å². The Kier molecular flexibility index (Phi) is 9.28. The van der Waals surface area contributed by atoms with E-state index in [0.717, 1.165) is 11.1 Å². The van der Waals surface area contributed by atoms with Crippen LogP contribution in [0.5, 0.6) is 0 Å². The van der Waals surface area contributed by atoms with Crippen LogP contribution in [0.4, 0.5) is 16.2 Å². The Morgan fingerprint density at radius 1 is 0.980 bits per heavy atom. The van der Waals surface area contributed by atoms with Gasteiger partial charge in [-0.05, 0) is 67.5 Å². The highest BCUT2D eigenvalue weighted by atomic mass is 32.2. The number of thioether (sulfide) groups is 1. The van der Waals surface area contributed by atoms with Gasteiger partial charge in [0.05, 0.1) is 4.92 Å². The first-order valence-corrected chi connectivity index (χ1v) is 16.6. The second-order valence-electron chi connectivity index (χ2n) is 12.7. The lowest BCUT2D eigenvalue weighted by Crippen LogP contribution is -2.74. The number of esters is 1. The van der Waals surface area contributed by atoms with Crippen molar-refractivity contribution in [2.75, 3.05) is 11.4 Å². The third kappa shape index (κ3) is 7.07. The van der Waals surface area contributed by atoms with Crippen LogP contribution in [0, 0.1) is 10.1 Å². The molecule has 0 aromatic heterocycles. The normalized spacial score (nSPS) is 21.2. The number of rotatable bonds is 8. The zero-order valence-electron chi connectivity index (χ0n) is 27.0. The fourth-order valence-electron chi connectivity index (χ4n) is 5.92. The first-order valence-electron chi connectivity index (χ1n) is 15.7. The Labute approximate surface area is 286 Å². The number of ether oxygens (including phenoxy) is 2. The van der Waals surface area contributed by atoms with Crippen LogP contribution in [0.3, 0.4) is 0 Å². The third-order valence-corrected chi connectivity index (χ3v) is 9.38. The van der Waals surface area contributed by atoms with Gasteiger partial charge in [0.1, 0.15) is 17.0 Å². The summed E-state index contributed by atoms with van der Waals surface area (Å²) in [6, 6.07) is 22.1. The Morgan fingerprint density at radius 3 is 2.16 bits per heavy atom. The number of nitrogens with zero attached hydrogens (tertiary/aromatic N) is 3. The summed E-state index contributed by atoms with van der Waals surface area (Å²) in [4.78, 5) is 67.6. The first-order chi connectivity index (χ1) is 23.4. The van der Waals surface area contributed by atoms with Gasteiger partial charge < -0.3 is 24.6 Å². The molecule has 0 aliphatic carbocycles. The van der Waals surface area contributed by atoms with Crippen molar-refractivity contribution < 1.29 is 33.6 Å². The number of nitro groups is 1. The molecular formula is C36H34N4O8S. The van der Waals surface area contributed by atoms with E-state index >= 15 is 0 Å². The van der Waals surface area contributed by atoms with Gasteiger partial charge in [-0.1, -0.05) is 60.7 Å². The number of hydrogen-bond donors (Lipinski definition) is 1. The van der Waals surface area contributed by atoms with Gasteiger partial charge in [-0.2, -0.15) is 0 Å². The lowest BCUT2D eigenvalue weighted by atomic mass is 9.95. The number of carbonyl (C=O) groups excluding carboxylic acids is 4. The first kappa shape index (κ1) is 33.5. The molecule has 3 aromatic rings. The van der Waals surface area contributed by atoms with Crippen molar-refractivity contribution in [2.24, 2.45) is 0 Å². The summed E-state index contributed by atoms with van der Waals surface area (Å²) >= 11 is 1.24. The number of amides is 3. The lowest BCUT2D eigenvalue weighted by molar-refractivity contribution is -0.384. The summed E-state index contributed by atoms with van der Waals surface area (Å²) in [6.45, 7) is 5.48. The number of β-lactam (4-membered cyclic amide) rings is 1. The molecule has 13 heteroatoms. The monoisotopic (exact) mass is 682 g/mol. The molecule has 3 aliphatic rings. The highest BCUT2D eigenvalue weighted by molar-refractivity contribution is 8.03. The summed E-state index contributed by atoms with van der Waals surface area (Å²) in [5, 5.41) is 14.8. The Hall–Kier alpha value is -5.43. The molecule has 0 bridgehead atoms. The highest BCUT2D eigenvalue weighted by Gasteiger charge is 2.56. The van der Waals surface area contributed by atoms with E-state index in [9.17, 15) is 29.3 Å². The summed E-state index contributed by atoms with van der Waals surface area (Å²) in [7, 11) is 0. The molecule has 3 aliphatic heterocycles. The van der Waals surface area contributed by atoms with Crippen LogP contribution in [0.25, 0.3) is 0 Å². The zero-order chi connectivity index (χ0) is 34.9. The van der Waals surface area contributed by atoms with Crippen LogP contribution < -0.4 is 10.2 Å². The van der Waals surface area contributed by atoms with Crippen molar-refractivity contribution >= 4 is 47.0 Å². The van der Waals surface area contributed by atoms with E-state index in [1.54, 1.807) is 32.3 Å². The van der Waals surface area contributed by atoms with E-state index in [2.05, 4.69) is 5.32 Å². The topological polar surface area (TPSA) is 148 Å². The van der Waals surface area contributed by atoms with E-state index in [1.807, 2.05) is 60.7 Å². The molecule has 3 amide bonds. The predicted octanol–water partition coefficient (Wildman–Crippen LogP) is 5.65. The second-order valence-corrected chi connectivity index (χ2v) is 13.7. The number of carbonyl (C=O) groups is 4. The minimum absolute atomic E-state index is 0.0885. The largest absolute Gasteiger partial charge is 0.451 e. The fraction of sp³-hybridized carbons (Fsp3) is 0.278. The molecule has 1 N–H and O–H groups in total. The number of anilines is 1. The zero-order valence-corrected chi connectivity index (χ0v) is 27.8. The number of nitrogens with one attached hydrogen (secondary N) is 1. The smallest absolute Gasteiger partial charge is 0.408 e. The molecule has 3 unspecified atom stereocenters. The molecule has 2 saturated heterocycles. The summed E-state index contributed by atoms with van der Waals surface area (Å²) in [5.41, 5.74) is 1.90. The quantitative estimate of drug-likeness (QED) is 0.105. The Bertz CT molecular complexity index is 1800. The number of nitro benzene ring substituents is 1. The van der Waals surface area contributed by atoms with E-state index in [1.165, 1.54) is 45.8 Å². The van der Waals surface area contributed by atoms with Gasteiger partial charge in [-0.15, -0.1) is 11.8 Å². The van der Waals surface area contributed by atoms with Gasteiger partial charge >= 0.3 is 12.1 Å². The summed E-state index contributed by atoms with van der Waals surface area (Å²) in [5.74, 6) is -1.51. The molecule has 49 heavy (non-hydrogen) atoms. The van der Waals surface area contributed by atoms with Gasteiger partial charge in [-0.3, -0.25) is 19.7 Å². The maximum atomic E-state index is 14.3. The van der Waals surface area contributed by atoms with E-state index < -0.39 is 52.1 Å². The Balaban J connectivity index is 1.31. The predicted molar refractivity (Wildman–Crippen MR) is 182 cm³/mol. The van der Waals surface area contributed by atoms with Crippen molar-refractivity contribution in [1.29, 1.82) is 0 Å². The van der Waals surface area contributed by atoms with E-state index in [0.29, 0.717) is 29.8 Å². The molecule has 0 saturated carbocycles. The molecule has 3 heterocycles. The molecule has 2 fully saturated rings. The molecule has 6 rings (SSSR count). The van der Waals surface area contributed by atoms with Gasteiger partial charge in [0.2, 0.25) is 5.91 Å². The van der Waals surface area contributed by atoms with Crippen molar-refractivity contribution in [2.45, 2.75) is 56.4 Å². The number of non-ortho nitro benzene ring substituents is 1. The maximum Gasteiger partial charge on any atom is 0.408 e. The van der Waals surface area contributed by atoms with Crippen LogP contribution in [0.1, 0.15) is 44.4 Å². The number of fused-ring (bicyclic) bond motifs is 1. The van der Waals surface area contributed by atoms with Gasteiger partial charge in [-0.25, -0.2) is 9.59 Å². The van der Waals surface area contributed by atoms with Crippen LogP contribution in [-0.4, -0.2) is 63.3 Å². The van der Waals surface area contributed by atoms with Crippen molar-refractivity contribution in [3.63, 3.8) is 0 Å². The average molecular weight is 683 g/mol. The molecule has 252 valence electrons. The van der Waals surface area contributed by atoms with E-state index in [4.69, 9.17) is 9.47 Å². The average Bonchev–Trinajstić information content (AvgIpc) is 3.44. The van der Waals surface area contributed by atoms with Gasteiger partial charge in [0.15, 0.2) is 12.1 Å². The molecule has 3 atom stereocenters. The van der Waals surface area contributed by atoms with E-state index in [-0.39, 0.29) is 11.6 Å². The minimum atomic E-state index is -1.21. The highest BCUT2D eigenvalue weighted by Crippen LogP contribution is 2.42. The molecule has 3 aromatic carbocycles. The summed E-state index contributed by atoms with van der Waals surface area (Å²) < 4.78 is 11.6. The lowest BCUT2D eigenvalue weighted by Gasteiger charge is -2.51. The van der Waals surface area contributed by atoms with Crippen LogP contribution in [0.15, 0.2) is 108 Å². The SMILES string of the molecule is CC(C)(C)OC(=O)NC1C(=O)N2C(C(=O)OC(c3ccccc3)c3ccccc3)C(C=C3CCN(c4ccc([N+](=O)[O-])cc4)C3=O)=CSC12. The molecule has 12 nitrogen and oxygen atoms in total. The number of benzene rings is 3. The maximum absolute atomic E-state index is 14.3. The Morgan fingerprint density at radius 2 is 1.59 bits per heavy atom. The molecule has 0 radical (unpaired) electrons. The van der Waals surface area contributed by atoms with Gasteiger partial charge in [0, 0.05) is 29.9 Å². The minimum Gasteiger partial charge on any atom is -0.451 e. The number of alkyl carbamates (subject to hydrolysis) is 1. The fourth-order valence-corrected chi connectivity index (χ4v) is 7.11. The van der Waals surface area contributed by atoms with Crippen molar-refractivity contribution in [3.05, 3.63) is 129 Å². The van der Waals surface area contributed by atoms with Crippen molar-refractivity contribution in [1.82, 2.24) is 10.2 Å². The second kappa shape index (κ2) is 13.6. The standard InChI is InChI=1S/C36H34N4O8S/c1-36(2,3)48-35(44)37-28-32(42)39-29(34(43)47-30(22-10-6-4-7-11-22)23-12-8-5-9-13-23)25(21-49-33(28)39)20-24-18-19-38(31(24)41)26-14-16-27(17-15-26)40(45)46/h4-17,20-21,28-30,33H,18-19H2,1-3H3,(H,37,44). The van der Waals surface area contributed by atoms with Crippen LogP contribution in [-0.2, 0) is 23.9 Å².